The Balaban J connectivity index is 2.20. The summed E-state index contributed by atoms with van der Waals surface area (Å²) in [5.74, 6) is -0.553. The number of amidine groups is 1. The molecule has 1 heterocycles. The van der Waals surface area contributed by atoms with Crippen LogP contribution in [0.3, 0.4) is 0 Å². The van der Waals surface area contributed by atoms with E-state index in [1.165, 1.54) is 12.8 Å². The normalized spacial score (nSPS) is 16.6. The second-order valence-corrected chi connectivity index (χ2v) is 4.18. The molecule has 0 radical (unpaired) electrons. The Labute approximate surface area is 94.6 Å². The van der Waals surface area contributed by atoms with Crippen LogP contribution in [-0.2, 0) is 6.54 Å². The van der Waals surface area contributed by atoms with Crippen molar-refractivity contribution >= 4 is 5.84 Å². The minimum absolute atomic E-state index is 0.205. The van der Waals surface area contributed by atoms with Crippen LogP contribution in [0.15, 0.2) is 18.2 Å². The zero-order chi connectivity index (χ0) is 11.5. The fourth-order valence-corrected chi connectivity index (χ4v) is 2.09. The van der Waals surface area contributed by atoms with E-state index in [1.54, 1.807) is 18.2 Å². The van der Waals surface area contributed by atoms with Crippen LogP contribution in [0.25, 0.3) is 0 Å². The predicted octanol–water partition coefficient (Wildman–Crippen LogP) is 1.71. The van der Waals surface area contributed by atoms with E-state index in [4.69, 9.17) is 11.1 Å². The van der Waals surface area contributed by atoms with Gasteiger partial charge in [-0.25, -0.2) is 4.39 Å². The van der Waals surface area contributed by atoms with Crippen molar-refractivity contribution in [1.29, 1.82) is 5.41 Å². The van der Waals surface area contributed by atoms with Gasteiger partial charge in [0.1, 0.15) is 11.7 Å². The summed E-state index contributed by atoms with van der Waals surface area (Å²) in [6.45, 7) is 2.68. The number of benzene rings is 1. The minimum Gasteiger partial charge on any atom is -0.384 e. The first-order valence-electron chi connectivity index (χ1n) is 5.52. The third-order valence-electron chi connectivity index (χ3n) is 2.96. The SMILES string of the molecule is N=C(N)c1cccc(CN2CCCC2)c1F. The maximum Gasteiger partial charge on any atom is 0.138 e. The van der Waals surface area contributed by atoms with E-state index in [1.807, 2.05) is 0 Å². The molecule has 0 bridgehead atoms. The van der Waals surface area contributed by atoms with Crippen LogP contribution in [-0.4, -0.2) is 23.8 Å². The third kappa shape index (κ3) is 2.22. The first-order valence-corrected chi connectivity index (χ1v) is 5.52. The topological polar surface area (TPSA) is 53.1 Å². The molecule has 0 aromatic heterocycles. The van der Waals surface area contributed by atoms with E-state index in [-0.39, 0.29) is 17.2 Å². The van der Waals surface area contributed by atoms with Gasteiger partial charge in [-0.15, -0.1) is 0 Å². The van der Waals surface area contributed by atoms with Crippen molar-refractivity contribution in [3.8, 4) is 0 Å². The Morgan fingerprint density at radius 1 is 1.38 bits per heavy atom. The molecule has 3 N–H and O–H groups in total. The lowest BCUT2D eigenvalue weighted by atomic mass is 10.1. The molecule has 0 amide bonds. The molecule has 1 saturated heterocycles. The summed E-state index contributed by atoms with van der Waals surface area (Å²) < 4.78 is 13.9. The monoisotopic (exact) mass is 221 g/mol. The first-order chi connectivity index (χ1) is 7.68. The summed E-state index contributed by atoms with van der Waals surface area (Å²) in [4.78, 5) is 2.22. The Hall–Kier alpha value is -1.42. The van der Waals surface area contributed by atoms with Crippen LogP contribution in [0.1, 0.15) is 24.0 Å². The molecule has 0 aliphatic carbocycles. The molecule has 3 nitrogen and oxygen atoms in total. The van der Waals surface area contributed by atoms with Gasteiger partial charge in [-0.05, 0) is 32.0 Å². The number of rotatable bonds is 3. The number of nitrogens with one attached hydrogen (secondary N) is 1. The van der Waals surface area contributed by atoms with Crippen molar-refractivity contribution < 1.29 is 4.39 Å². The molecule has 1 aromatic rings. The summed E-state index contributed by atoms with van der Waals surface area (Å²) in [6, 6.07) is 5.07. The molecule has 0 saturated carbocycles. The molecule has 4 heteroatoms. The van der Waals surface area contributed by atoms with Gasteiger partial charge in [-0.1, -0.05) is 12.1 Å². The van der Waals surface area contributed by atoms with Crippen molar-refractivity contribution in [2.45, 2.75) is 19.4 Å². The first kappa shape index (κ1) is 11.1. The lowest BCUT2D eigenvalue weighted by Crippen LogP contribution is -2.21. The largest absolute Gasteiger partial charge is 0.384 e. The average Bonchev–Trinajstić information content (AvgIpc) is 2.73. The third-order valence-corrected chi connectivity index (χ3v) is 2.96. The summed E-state index contributed by atoms with van der Waals surface area (Å²) in [5, 5.41) is 7.28. The van der Waals surface area contributed by atoms with E-state index >= 15 is 0 Å². The van der Waals surface area contributed by atoms with Crippen molar-refractivity contribution in [2.75, 3.05) is 13.1 Å². The second kappa shape index (κ2) is 4.61. The standard InChI is InChI=1S/C12H16FN3/c13-11-9(8-16-6-1-2-7-16)4-3-5-10(11)12(14)15/h3-5H,1-2,6-8H2,(H3,14,15). The van der Waals surface area contributed by atoms with Crippen LogP contribution in [0.5, 0.6) is 0 Å². The molecular formula is C12H16FN3. The van der Waals surface area contributed by atoms with Gasteiger partial charge in [-0.3, -0.25) is 10.3 Å². The molecule has 86 valence electrons. The highest BCUT2D eigenvalue weighted by Gasteiger charge is 2.16. The number of nitrogens with zero attached hydrogens (tertiary/aromatic N) is 1. The van der Waals surface area contributed by atoms with E-state index in [2.05, 4.69) is 4.90 Å². The molecule has 0 unspecified atom stereocenters. The number of hydrogen-bond acceptors (Lipinski definition) is 2. The van der Waals surface area contributed by atoms with Crippen molar-refractivity contribution in [2.24, 2.45) is 5.73 Å². The highest BCUT2D eigenvalue weighted by molar-refractivity contribution is 5.95. The van der Waals surface area contributed by atoms with Crippen LogP contribution in [0.4, 0.5) is 4.39 Å². The molecule has 16 heavy (non-hydrogen) atoms. The molecule has 1 fully saturated rings. The van der Waals surface area contributed by atoms with Gasteiger partial charge in [0.2, 0.25) is 0 Å². The Morgan fingerprint density at radius 2 is 2.06 bits per heavy atom. The molecule has 2 rings (SSSR count). The molecule has 1 aromatic carbocycles. The van der Waals surface area contributed by atoms with Crippen molar-refractivity contribution in [3.05, 3.63) is 35.1 Å². The number of halogens is 1. The molecule has 1 aliphatic heterocycles. The van der Waals surface area contributed by atoms with Gasteiger partial charge in [-0.2, -0.15) is 0 Å². The predicted molar refractivity (Wildman–Crippen MR) is 61.9 cm³/mol. The van der Waals surface area contributed by atoms with Gasteiger partial charge in [0, 0.05) is 12.1 Å². The summed E-state index contributed by atoms with van der Waals surface area (Å²) >= 11 is 0. The van der Waals surface area contributed by atoms with E-state index in [9.17, 15) is 4.39 Å². The summed E-state index contributed by atoms with van der Waals surface area (Å²) in [5.41, 5.74) is 6.16. The summed E-state index contributed by atoms with van der Waals surface area (Å²) in [6.07, 6.45) is 2.38. The van der Waals surface area contributed by atoms with Crippen LogP contribution in [0, 0.1) is 11.2 Å². The van der Waals surface area contributed by atoms with Crippen molar-refractivity contribution in [1.82, 2.24) is 4.90 Å². The fraction of sp³-hybridized carbons (Fsp3) is 0.417. The highest BCUT2D eigenvalue weighted by Crippen LogP contribution is 2.17. The zero-order valence-corrected chi connectivity index (χ0v) is 9.17. The maximum absolute atomic E-state index is 13.9. The maximum atomic E-state index is 13.9. The molecule has 0 atom stereocenters. The van der Waals surface area contributed by atoms with Crippen LogP contribution >= 0.6 is 0 Å². The Morgan fingerprint density at radius 3 is 2.69 bits per heavy atom. The molecular weight excluding hydrogens is 205 g/mol. The van der Waals surface area contributed by atoms with Gasteiger partial charge in [0.05, 0.1) is 5.56 Å². The fourth-order valence-electron chi connectivity index (χ4n) is 2.09. The smallest absolute Gasteiger partial charge is 0.138 e. The number of nitrogens with two attached hydrogens (primary N) is 1. The van der Waals surface area contributed by atoms with E-state index in [0.29, 0.717) is 12.1 Å². The number of nitrogen functional groups attached to an aromatic ring is 1. The Kier molecular flexibility index (Phi) is 3.19. The zero-order valence-electron chi connectivity index (χ0n) is 9.17. The lowest BCUT2D eigenvalue weighted by molar-refractivity contribution is 0.325. The Bertz CT molecular complexity index is 397. The minimum atomic E-state index is -0.345. The lowest BCUT2D eigenvalue weighted by Gasteiger charge is -2.15. The quantitative estimate of drug-likeness (QED) is 0.603. The highest BCUT2D eigenvalue weighted by atomic mass is 19.1. The van der Waals surface area contributed by atoms with Crippen molar-refractivity contribution in [3.63, 3.8) is 0 Å². The summed E-state index contributed by atoms with van der Waals surface area (Å²) in [7, 11) is 0. The van der Waals surface area contributed by atoms with Gasteiger partial charge in [0.15, 0.2) is 0 Å². The van der Waals surface area contributed by atoms with Gasteiger partial charge >= 0.3 is 0 Å². The average molecular weight is 221 g/mol. The van der Waals surface area contributed by atoms with Gasteiger partial charge < -0.3 is 5.73 Å². The van der Waals surface area contributed by atoms with E-state index < -0.39 is 0 Å². The van der Waals surface area contributed by atoms with Gasteiger partial charge in [0.25, 0.3) is 0 Å². The number of likely N-dealkylation sites (tertiary alicyclic amines) is 1. The van der Waals surface area contributed by atoms with Crippen LogP contribution in [0.2, 0.25) is 0 Å². The second-order valence-electron chi connectivity index (χ2n) is 4.18. The number of hydrogen-bond donors (Lipinski definition) is 2. The molecule has 1 aliphatic rings. The van der Waals surface area contributed by atoms with Crippen LogP contribution < -0.4 is 5.73 Å². The van der Waals surface area contributed by atoms with E-state index in [0.717, 1.165) is 13.1 Å². The molecule has 0 spiro atoms.